The SMILES string of the molecule is CCCCNC(=NCC(=O)N(C)C)NCC(c1cccs1)N1CCCC1.I. The lowest BCUT2D eigenvalue weighted by Crippen LogP contribution is -2.43. The number of hydrogen-bond donors (Lipinski definition) is 2. The Hall–Kier alpha value is -0.870. The van der Waals surface area contributed by atoms with Crippen molar-refractivity contribution in [1.82, 2.24) is 20.4 Å². The number of rotatable bonds is 9. The minimum absolute atomic E-state index is 0. The van der Waals surface area contributed by atoms with E-state index < -0.39 is 0 Å². The molecule has 2 N–H and O–H groups in total. The van der Waals surface area contributed by atoms with E-state index >= 15 is 0 Å². The molecule has 2 heterocycles. The lowest BCUT2D eigenvalue weighted by atomic mass is 10.2. The van der Waals surface area contributed by atoms with Crippen molar-refractivity contribution in [2.45, 2.75) is 38.6 Å². The molecular formula is C19H34IN5OS. The minimum Gasteiger partial charge on any atom is -0.356 e. The number of unbranched alkanes of at least 4 members (excludes halogenated alkanes) is 1. The first-order valence-corrected chi connectivity index (χ1v) is 10.5. The third kappa shape index (κ3) is 8.35. The zero-order valence-corrected chi connectivity index (χ0v) is 19.9. The van der Waals surface area contributed by atoms with Crippen LogP contribution in [0.3, 0.4) is 0 Å². The summed E-state index contributed by atoms with van der Waals surface area (Å²) in [5.41, 5.74) is 0. The minimum atomic E-state index is 0. The number of guanidine groups is 1. The zero-order valence-electron chi connectivity index (χ0n) is 16.7. The topological polar surface area (TPSA) is 60.0 Å². The highest BCUT2D eigenvalue weighted by Gasteiger charge is 2.24. The smallest absolute Gasteiger partial charge is 0.243 e. The maximum absolute atomic E-state index is 11.9. The number of hydrogen-bond acceptors (Lipinski definition) is 4. The molecule has 0 aromatic carbocycles. The van der Waals surface area contributed by atoms with Crippen LogP contribution in [-0.2, 0) is 4.79 Å². The maximum atomic E-state index is 11.9. The highest BCUT2D eigenvalue weighted by atomic mass is 127. The standard InChI is InChI=1S/C19H33N5OS.HI/c1-4-5-10-20-19(22-15-18(25)23(2)3)21-14-16(17-9-8-13-26-17)24-11-6-7-12-24;/h8-9,13,16H,4-7,10-12,14-15H2,1-3H3,(H2,20,21,22);1H. The van der Waals surface area contributed by atoms with Gasteiger partial charge in [-0.05, 0) is 43.8 Å². The molecule has 1 aliphatic heterocycles. The number of amides is 1. The monoisotopic (exact) mass is 507 g/mol. The van der Waals surface area contributed by atoms with Gasteiger partial charge in [-0.2, -0.15) is 0 Å². The molecule has 1 amide bonds. The van der Waals surface area contributed by atoms with Gasteiger partial charge in [0.1, 0.15) is 6.54 Å². The molecule has 0 spiro atoms. The fourth-order valence-electron chi connectivity index (χ4n) is 2.98. The van der Waals surface area contributed by atoms with Gasteiger partial charge >= 0.3 is 0 Å². The highest BCUT2D eigenvalue weighted by Crippen LogP contribution is 2.27. The quantitative estimate of drug-likeness (QED) is 0.234. The molecule has 1 aromatic heterocycles. The Labute approximate surface area is 184 Å². The molecule has 6 nitrogen and oxygen atoms in total. The largest absolute Gasteiger partial charge is 0.356 e. The van der Waals surface area contributed by atoms with E-state index in [0.29, 0.717) is 6.04 Å². The Kier molecular flexibility index (Phi) is 11.9. The number of likely N-dealkylation sites (N-methyl/N-ethyl adjacent to an activating group) is 1. The van der Waals surface area contributed by atoms with Gasteiger partial charge < -0.3 is 15.5 Å². The van der Waals surface area contributed by atoms with Crippen molar-refractivity contribution < 1.29 is 4.79 Å². The molecule has 1 fully saturated rings. The Morgan fingerprint density at radius 3 is 2.67 bits per heavy atom. The molecule has 1 unspecified atom stereocenters. The number of halogens is 1. The second kappa shape index (κ2) is 13.3. The summed E-state index contributed by atoms with van der Waals surface area (Å²) < 4.78 is 0. The van der Waals surface area contributed by atoms with Crippen LogP contribution in [0.25, 0.3) is 0 Å². The van der Waals surface area contributed by atoms with E-state index in [0.717, 1.165) is 45.0 Å². The number of aliphatic imine (C=N–C) groups is 1. The lowest BCUT2D eigenvalue weighted by Gasteiger charge is -2.27. The molecule has 0 saturated carbocycles. The molecule has 2 rings (SSSR count). The van der Waals surface area contributed by atoms with E-state index in [4.69, 9.17) is 0 Å². The van der Waals surface area contributed by atoms with Gasteiger partial charge in [-0.15, -0.1) is 35.3 Å². The van der Waals surface area contributed by atoms with Crippen LogP contribution in [0.5, 0.6) is 0 Å². The van der Waals surface area contributed by atoms with Crippen molar-refractivity contribution in [1.29, 1.82) is 0 Å². The number of carbonyl (C=O) groups is 1. The fourth-order valence-corrected chi connectivity index (χ4v) is 3.84. The molecule has 1 saturated heterocycles. The van der Waals surface area contributed by atoms with Crippen LogP contribution >= 0.6 is 35.3 Å². The summed E-state index contributed by atoms with van der Waals surface area (Å²) in [5, 5.41) is 8.97. The summed E-state index contributed by atoms with van der Waals surface area (Å²) in [6.07, 6.45) is 4.76. The summed E-state index contributed by atoms with van der Waals surface area (Å²) >= 11 is 1.81. The zero-order chi connectivity index (χ0) is 18.8. The third-order valence-corrected chi connectivity index (χ3v) is 5.58. The summed E-state index contributed by atoms with van der Waals surface area (Å²) in [6, 6.07) is 4.69. The predicted molar refractivity (Wildman–Crippen MR) is 125 cm³/mol. The van der Waals surface area contributed by atoms with Crippen LogP contribution in [-0.4, -0.2) is 68.5 Å². The van der Waals surface area contributed by atoms with Crippen molar-refractivity contribution in [2.24, 2.45) is 4.99 Å². The Morgan fingerprint density at radius 2 is 2.07 bits per heavy atom. The Bertz CT molecular complexity index is 558. The summed E-state index contributed by atoms with van der Waals surface area (Å²) in [4.78, 5) is 21.9. The first kappa shape index (κ1) is 24.2. The number of thiophene rings is 1. The van der Waals surface area contributed by atoms with Crippen LogP contribution < -0.4 is 10.6 Å². The van der Waals surface area contributed by atoms with Crippen molar-refractivity contribution in [3.05, 3.63) is 22.4 Å². The molecule has 0 bridgehead atoms. The van der Waals surface area contributed by atoms with Crippen molar-refractivity contribution in [3.8, 4) is 0 Å². The number of nitrogens with one attached hydrogen (secondary N) is 2. The van der Waals surface area contributed by atoms with Gasteiger partial charge in [0.05, 0.1) is 6.04 Å². The summed E-state index contributed by atoms with van der Waals surface area (Å²) in [6.45, 7) is 6.31. The van der Waals surface area contributed by atoms with Crippen LogP contribution in [0.15, 0.2) is 22.5 Å². The number of carbonyl (C=O) groups excluding carboxylic acids is 1. The molecule has 27 heavy (non-hydrogen) atoms. The predicted octanol–water partition coefficient (Wildman–Crippen LogP) is 2.93. The Morgan fingerprint density at radius 1 is 1.33 bits per heavy atom. The van der Waals surface area contributed by atoms with E-state index in [1.807, 2.05) is 11.3 Å². The first-order valence-electron chi connectivity index (χ1n) is 9.61. The summed E-state index contributed by atoms with van der Waals surface area (Å²) in [7, 11) is 3.52. The fraction of sp³-hybridized carbons (Fsp3) is 0.684. The van der Waals surface area contributed by atoms with Crippen LogP contribution in [0, 0.1) is 0 Å². The Balaban J connectivity index is 0.00000364. The van der Waals surface area contributed by atoms with E-state index in [1.165, 1.54) is 17.7 Å². The normalized spacial score (nSPS) is 15.9. The van der Waals surface area contributed by atoms with Crippen molar-refractivity contribution >= 4 is 47.2 Å². The molecule has 1 atom stereocenters. The average molecular weight is 507 g/mol. The second-order valence-electron chi connectivity index (χ2n) is 6.89. The van der Waals surface area contributed by atoms with Crippen LogP contribution in [0.1, 0.15) is 43.5 Å². The van der Waals surface area contributed by atoms with Crippen LogP contribution in [0.4, 0.5) is 0 Å². The third-order valence-electron chi connectivity index (χ3n) is 4.61. The maximum Gasteiger partial charge on any atom is 0.243 e. The molecule has 0 aliphatic carbocycles. The van der Waals surface area contributed by atoms with E-state index in [1.54, 1.807) is 19.0 Å². The van der Waals surface area contributed by atoms with E-state index in [2.05, 4.69) is 45.0 Å². The van der Waals surface area contributed by atoms with Gasteiger partial charge in [0.2, 0.25) is 5.91 Å². The molecule has 0 radical (unpaired) electrons. The van der Waals surface area contributed by atoms with Gasteiger partial charge in [0, 0.05) is 32.1 Å². The second-order valence-corrected chi connectivity index (χ2v) is 7.87. The van der Waals surface area contributed by atoms with Crippen LogP contribution in [0.2, 0.25) is 0 Å². The lowest BCUT2D eigenvalue weighted by molar-refractivity contribution is -0.127. The van der Waals surface area contributed by atoms with Gasteiger partial charge in [-0.3, -0.25) is 9.69 Å². The van der Waals surface area contributed by atoms with Gasteiger partial charge in [-0.1, -0.05) is 19.4 Å². The highest BCUT2D eigenvalue weighted by molar-refractivity contribution is 14.0. The first-order chi connectivity index (χ1) is 12.6. The molecule has 8 heteroatoms. The van der Waals surface area contributed by atoms with Crippen molar-refractivity contribution in [2.75, 3.05) is 46.8 Å². The number of likely N-dealkylation sites (tertiary alicyclic amines) is 1. The summed E-state index contributed by atoms with van der Waals surface area (Å²) in [5.74, 6) is 0.741. The van der Waals surface area contributed by atoms with E-state index in [-0.39, 0.29) is 36.4 Å². The average Bonchev–Trinajstić information content (AvgIpc) is 3.33. The van der Waals surface area contributed by atoms with E-state index in [9.17, 15) is 4.79 Å². The molecular weight excluding hydrogens is 473 g/mol. The van der Waals surface area contributed by atoms with Gasteiger partial charge in [0.25, 0.3) is 0 Å². The van der Waals surface area contributed by atoms with Gasteiger partial charge in [0.15, 0.2) is 5.96 Å². The number of nitrogens with zero attached hydrogens (tertiary/aromatic N) is 3. The van der Waals surface area contributed by atoms with Gasteiger partial charge in [-0.25, -0.2) is 4.99 Å². The molecule has 1 aliphatic rings. The van der Waals surface area contributed by atoms with Crippen molar-refractivity contribution in [3.63, 3.8) is 0 Å². The molecule has 154 valence electrons. The molecule has 1 aromatic rings.